The molecule has 1 aliphatic heterocycles. The molecule has 19 heavy (non-hydrogen) atoms. The first-order valence-electron chi connectivity index (χ1n) is 5.92. The Morgan fingerprint density at radius 3 is 1.37 bits per heavy atom. The van der Waals surface area contributed by atoms with Gasteiger partial charge < -0.3 is 13.9 Å². The van der Waals surface area contributed by atoms with E-state index < -0.39 is 0 Å². The van der Waals surface area contributed by atoms with Crippen LogP contribution in [0.1, 0.15) is 0 Å². The van der Waals surface area contributed by atoms with Crippen LogP contribution in [-0.2, 0) is 9.47 Å². The molecule has 3 heteroatoms. The maximum Gasteiger partial charge on any atom is 0.135 e. The molecule has 3 nitrogen and oxygen atoms in total. The molecular formula is C16H12O3. The number of ether oxygens (including phenoxy) is 2. The summed E-state index contributed by atoms with van der Waals surface area (Å²) in [6.45, 7) is 0. The normalized spacial score (nSPS) is 12.6. The molecule has 2 aromatic carbocycles. The van der Waals surface area contributed by atoms with Crippen LogP contribution in [0.2, 0.25) is 0 Å². The van der Waals surface area contributed by atoms with Crippen molar-refractivity contribution in [2.45, 2.75) is 0 Å². The average molecular weight is 252 g/mol. The van der Waals surface area contributed by atoms with Gasteiger partial charge in [-0.15, -0.1) is 0 Å². The number of benzene rings is 2. The van der Waals surface area contributed by atoms with Gasteiger partial charge in [0.15, 0.2) is 0 Å². The van der Waals surface area contributed by atoms with Gasteiger partial charge in [-0.2, -0.15) is 0 Å². The van der Waals surface area contributed by atoms with Gasteiger partial charge in [0.25, 0.3) is 0 Å². The highest BCUT2D eigenvalue weighted by Gasteiger charge is 2.03. The zero-order chi connectivity index (χ0) is 12.9. The lowest BCUT2D eigenvalue weighted by molar-refractivity contribution is 0.290. The van der Waals surface area contributed by atoms with Crippen LogP contribution in [0.3, 0.4) is 0 Å². The van der Waals surface area contributed by atoms with E-state index >= 15 is 0 Å². The molecule has 0 fully saturated rings. The molecule has 0 N–H and O–H groups in total. The number of para-hydroxylation sites is 2. The van der Waals surface area contributed by atoms with Crippen molar-refractivity contribution in [1.29, 1.82) is 0 Å². The van der Waals surface area contributed by atoms with Crippen molar-refractivity contribution in [2.75, 3.05) is 0 Å². The molecule has 0 saturated heterocycles. The van der Waals surface area contributed by atoms with Crippen molar-refractivity contribution in [3.63, 3.8) is 0 Å². The minimum atomic E-state index is 0.962. The number of fused-ring (bicyclic) bond motifs is 3. The molecule has 1 aliphatic rings. The van der Waals surface area contributed by atoms with E-state index in [0.717, 1.165) is 11.2 Å². The smallest absolute Gasteiger partial charge is 0.135 e. The molecule has 0 bridgehead atoms. The topological polar surface area (TPSA) is 31.6 Å². The molecular weight excluding hydrogens is 240 g/mol. The van der Waals surface area contributed by atoms with Gasteiger partial charge >= 0.3 is 0 Å². The lowest BCUT2D eigenvalue weighted by Gasteiger charge is -1.94. The van der Waals surface area contributed by atoms with Crippen LogP contribution >= 0.6 is 0 Å². The summed E-state index contributed by atoms with van der Waals surface area (Å²) >= 11 is 0. The maximum absolute atomic E-state index is 5.65. The van der Waals surface area contributed by atoms with Crippen molar-refractivity contribution in [3.8, 4) is 0 Å². The summed E-state index contributed by atoms with van der Waals surface area (Å²) in [7, 11) is 0. The third-order valence-corrected chi connectivity index (χ3v) is 2.71. The summed E-state index contributed by atoms with van der Waals surface area (Å²) in [6.07, 6.45) is 5.83. The molecule has 0 aliphatic carbocycles. The Hall–Kier alpha value is -2.68. The van der Waals surface area contributed by atoms with Crippen molar-refractivity contribution in [1.82, 2.24) is 0 Å². The second kappa shape index (κ2) is 5.31. The quantitative estimate of drug-likeness (QED) is 0.587. The Bertz CT molecular complexity index is 667. The standard InChI is InChI=1S/C12H8O.C4H4O2/c1-3-7-11-9(5-1)10-6-2-4-8-12(10)13-11;1-2-6-4-3-5-1/h1-8H;1-4H. The lowest BCUT2D eigenvalue weighted by atomic mass is 10.2. The Morgan fingerprint density at radius 1 is 0.526 bits per heavy atom. The zero-order valence-electron chi connectivity index (χ0n) is 10.2. The molecule has 0 saturated carbocycles. The van der Waals surface area contributed by atoms with Crippen molar-refractivity contribution in [3.05, 3.63) is 73.6 Å². The Balaban J connectivity index is 0.000000155. The maximum atomic E-state index is 5.65. The molecule has 3 aromatic rings. The highest BCUT2D eigenvalue weighted by molar-refractivity contribution is 6.04. The van der Waals surface area contributed by atoms with Gasteiger partial charge in [0.2, 0.25) is 0 Å². The third-order valence-electron chi connectivity index (χ3n) is 2.71. The predicted molar refractivity (Wildman–Crippen MR) is 74.2 cm³/mol. The summed E-state index contributed by atoms with van der Waals surface area (Å²) in [6, 6.07) is 16.2. The monoisotopic (exact) mass is 252 g/mol. The summed E-state index contributed by atoms with van der Waals surface area (Å²) in [4.78, 5) is 0. The number of furan rings is 1. The fourth-order valence-electron chi connectivity index (χ4n) is 1.89. The third kappa shape index (κ3) is 2.45. The van der Waals surface area contributed by atoms with E-state index in [2.05, 4.69) is 21.6 Å². The van der Waals surface area contributed by atoms with Gasteiger partial charge in [0.1, 0.15) is 36.2 Å². The van der Waals surface area contributed by atoms with E-state index in [1.165, 1.54) is 35.8 Å². The average Bonchev–Trinajstić information content (AvgIpc) is 2.88. The fourth-order valence-corrected chi connectivity index (χ4v) is 1.89. The van der Waals surface area contributed by atoms with Gasteiger partial charge in [0.05, 0.1) is 0 Å². The zero-order valence-corrected chi connectivity index (χ0v) is 10.2. The first-order valence-corrected chi connectivity index (χ1v) is 5.92. The highest BCUT2D eigenvalue weighted by Crippen LogP contribution is 2.27. The summed E-state index contributed by atoms with van der Waals surface area (Å²) < 4.78 is 14.8. The van der Waals surface area contributed by atoms with Crippen LogP contribution in [0.4, 0.5) is 0 Å². The largest absolute Gasteiger partial charge is 0.466 e. The molecule has 0 amide bonds. The van der Waals surface area contributed by atoms with Gasteiger partial charge in [-0.3, -0.25) is 0 Å². The summed E-state index contributed by atoms with van der Waals surface area (Å²) in [5.74, 6) is 0. The molecule has 0 atom stereocenters. The first kappa shape index (κ1) is 11.4. The molecule has 94 valence electrons. The lowest BCUT2D eigenvalue weighted by Crippen LogP contribution is -1.74. The number of hydrogen-bond donors (Lipinski definition) is 0. The van der Waals surface area contributed by atoms with Gasteiger partial charge in [-0.1, -0.05) is 36.4 Å². The van der Waals surface area contributed by atoms with E-state index in [9.17, 15) is 0 Å². The van der Waals surface area contributed by atoms with Gasteiger partial charge in [-0.05, 0) is 12.1 Å². The minimum Gasteiger partial charge on any atom is -0.466 e. The van der Waals surface area contributed by atoms with Crippen molar-refractivity contribution < 1.29 is 13.9 Å². The predicted octanol–water partition coefficient (Wildman–Crippen LogP) is 4.56. The van der Waals surface area contributed by atoms with Gasteiger partial charge in [0, 0.05) is 10.8 Å². The van der Waals surface area contributed by atoms with Crippen LogP contribution in [0.5, 0.6) is 0 Å². The van der Waals surface area contributed by atoms with E-state index in [1.807, 2.05) is 36.4 Å². The van der Waals surface area contributed by atoms with Crippen molar-refractivity contribution in [2.24, 2.45) is 0 Å². The van der Waals surface area contributed by atoms with Gasteiger partial charge in [-0.25, -0.2) is 0 Å². The summed E-state index contributed by atoms with van der Waals surface area (Å²) in [5.41, 5.74) is 1.92. The highest BCUT2D eigenvalue weighted by atomic mass is 16.5. The van der Waals surface area contributed by atoms with Crippen LogP contribution in [0.25, 0.3) is 21.9 Å². The summed E-state index contributed by atoms with van der Waals surface area (Å²) in [5, 5.41) is 2.39. The SMILES string of the molecule is C1=COC=CO1.c1ccc2c(c1)oc1ccccc12. The second-order valence-corrected chi connectivity index (χ2v) is 3.91. The molecule has 4 rings (SSSR count). The Kier molecular flexibility index (Phi) is 3.19. The Labute approximate surface area is 110 Å². The van der Waals surface area contributed by atoms with E-state index in [0.29, 0.717) is 0 Å². The molecule has 0 spiro atoms. The van der Waals surface area contributed by atoms with Crippen LogP contribution in [0, 0.1) is 0 Å². The van der Waals surface area contributed by atoms with E-state index in [4.69, 9.17) is 4.42 Å². The molecule has 2 heterocycles. The number of hydrogen-bond acceptors (Lipinski definition) is 3. The minimum absolute atomic E-state index is 0.962. The van der Waals surface area contributed by atoms with Crippen LogP contribution < -0.4 is 0 Å². The molecule has 1 aromatic heterocycles. The number of rotatable bonds is 0. The molecule has 0 radical (unpaired) electrons. The fraction of sp³-hybridized carbons (Fsp3) is 0. The molecule has 0 unspecified atom stereocenters. The van der Waals surface area contributed by atoms with E-state index in [1.54, 1.807) is 0 Å². The van der Waals surface area contributed by atoms with Crippen LogP contribution in [0.15, 0.2) is 78.0 Å². The first-order chi connectivity index (χ1) is 9.45. The Morgan fingerprint density at radius 2 is 0.947 bits per heavy atom. The second-order valence-electron chi connectivity index (χ2n) is 3.91. The van der Waals surface area contributed by atoms with Crippen LogP contribution in [-0.4, -0.2) is 0 Å². The van der Waals surface area contributed by atoms with E-state index in [-0.39, 0.29) is 0 Å². The van der Waals surface area contributed by atoms with Crippen molar-refractivity contribution >= 4 is 21.9 Å².